The Bertz CT molecular complexity index is 821. The summed E-state index contributed by atoms with van der Waals surface area (Å²) in [4.78, 5) is 2.49. The number of hydrogen-bond acceptors (Lipinski definition) is 3. The van der Waals surface area contributed by atoms with Crippen LogP contribution in [0.4, 0.5) is 11.4 Å². The van der Waals surface area contributed by atoms with Crippen molar-refractivity contribution < 1.29 is 4.74 Å². The van der Waals surface area contributed by atoms with Gasteiger partial charge in [0, 0.05) is 30.5 Å². The minimum Gasteiger partial charge on any atom is -0.489 e. The molecule has 0 radical (unpaired) electrons. The van der Waals surface area contributed by atoms with Crippen LogP contribution in [0.3, 0.4) is 0 Å². The minimum atomic E-state index is 0.115. The van der Waals surface area contributed by atoms with Crippen LogP contribution in [-0.2, 0) is 0 Å². The first kappa shape index (κ1) is 21.2. The highest BCUT2D eigenvalue weighted by atomic mass is 32.1. The van der Waals surface area contributed by atoms with E-state index in [9.17, 15) is 0 Å². The van der Waals surface area contributed by atoms with Crippen LogP contribution < -0.4 is 20.3 Å². The van der Waals surface area contributed by atoms with Crippen LogP contribution in [0.1, 0.15) is 38.3 Å². The van der Waals surface area contributed by atoms with Crippen molar-refractivity contribution >= 4 is 28.7 Å². The maximum atomic E-state index is 5.57. The van der Waals surface area contributed by atoms with Crippen molar-refractivity contribution in [2.24, 2.45) is 5.92 Å². The fourth-order valence-corrected chi connectivity index (χ4v) is 3.96. The lowest BCUT2D eigenvalue weighted by Gasteiger charge is -2.33. The third-order valence-corrected chi connectivity index (χ3v) is 5.44. The van der Waals surface area contributed by atoms with Crippen molar-refractivity contribution in [2.75, 3.05) is 29.9 Å². The molecule has 0 unspecified atom stereocenters. The summed E-state index contributed by atoms with van der Waals surface area (Å²) in [5, 5.41) is 7.19. The molecule has 1 fully saturated rings. The van der Waals surface area contributed by atoms with Gasteiger partial charge in [0.25, 0.3) is 0 Å². The number of anilines is 2. The van der Waals surface area contributed by atoms with E-state index in [4.69, 9.17) is 17.0 Å². The maximum absolute atomic E-state index is 5.57. The van der Waals surface area contributed by atoms with Crippen molar-refractivity contribution in [1.29, 1.82) is 0 Å². The van der Waals surface area contributed by atoms with E-state index < -0.39 is 0 Å². The van der Waals surface area contributed by atoms with E-state index in [0.29, 0.717) is 11.7 Å². The van der Waals surface area contributed by atoms with Gasteiger partial charge in [0.05, 0.1) is 6.04 Å². The molecule has 2 N–H and O–H groups in total. The molecule has 154 valence electrons. The monoisotopic (exact) mass is 409 g/mol. The van der Waals surface area contributed by atoms with Crippen LogP contribution in [0.25, 0.3) is 0 Å². The Labute approximate surface area is 180 Å². The SMILES string of the molecule is C=CCOc1cccc(NC(=S)N[C@@H](C)c2ccc(N3CCC[C@H](C)C3)cc2)c1. The van der Waals surface area contributed by atoms with Crippen LogP contribution in [-0.4, -0.2) is 24.8 Å². The minimum absolute atomic E-state index is 0.115. The number of ether oxygens (including phenoxy) is 1. The van der Waals surface area contributed by atoms with Gasteiger partial charge in [-0.3, -0.25) is 0 Å². The van der Waals surface area contributed by atoms with Crippen molar-refractivity contribution in [2.45, 2.75) is 32.7 Å². The fourth-order valence-electron chi connectivity index (χ4n) is 3.66. The van der Waals surface area contributed by atoms with E-state index in [0.717, 1.165) is 30.4 Å². The van der Waals surface area contributed by atoms with Crippen LogP contribution in [0.2, 0.25) is 0 Å². The predicted molar refractivity (Wildman–Crippen MR) is 127 cm³/mol. The fraction of sp³-hybridized carbons (Fsp3) is 0.375. The second-order valence-corrected chi connectivity index (χ2v) is 8.14. The van der Waals surface area contributed by atoms with Gasteiger partial charge >= 0.3 is 0 Å². The van der Waals surface area contributed by atoms with Gasteiger partial charge in [-0.15, -0.1) is 0 Å². The zero-order valence-electron chi connectivity index (χ0n) is 17.4. The summed E-state index contributed by atoms with van der Waals surface area (Å²) >= 11 is 5.50. The first-order chi connectivity index (χ1) is 14.0. The molecule has 2 aromatic rings. The van der Waals surface area contributed by atoms with E-state index in [-0.39, 0.29) is 6.04 Å². The van der Waals surface area contributed by atoms with Crippen molar-refractivity contribution in [3.63, 3.8) is 0 Å². The first-order valence-corrected chi connectivity index (χ1v) is 10.7. The van der Waals surface area contributed by atoms with Crippen LogP contribution in [0.15, 0.2) is 61.2 Å². The molecule has 4 nitrogen and oxygen atoms in total. The van der Waals surface area contributed by atoms with Gasteiger partial charge in [-0.1, -0.05) is 37.8 Å². The first-order valence-electron chi connectivity index (χ1n) is 10.3. The quantitative estimate of drug-likeness (QED) is 0.464. The topological polar surface area (TPSA) is 36.5 Å². The summed E-state index contributed by atoms with van der Waals surface area (Å²) in [5.41, 5.74) is 3.42. The van der Waals surface area contributed by atoms with E-state index in [1.54, 1.807) is 6.08 Å². The van der Waals surface area contributed by atoms with Gasteiger partial charge in [-0.25, -0.2) is 0 Å². The largest absolute Gasteiger partial charge is 0.489 e. The molecule has 0 aliphatic carbocycles. The van der Waals surface area contributed by atoms with Crippen molar-refractivity contribution in [3.05, 3.63) is 66.7 Å². The molecule has 0 saturated carbocycles. The molecule has 0 spiro atoms. The molecule has 2 aromatic carbocycles. The number of rotatable bonds is 7. The van der Waals surface area contributed by atoms with Crippen molar-refractivity contribution in [1.82, 2.24) is 5.32 Å². The molecule has 0 amide bonds. The van der Waals surface area contributed by atoms with Crippen LogP contribution >= 0.6 is 12.2 Å². The molecule has 29 heavy (non-hydrogen) atoms. The Morgan fingerprint density at radius 2 is 2.10 bits per heavy atom. The van der Waals surface area contributed by atoms with E-state index in [1.807, 2.05) is 24.3 Å². The average Bonchev–Trinajstić information content (AvgIpc) is 2.72. The van der Waals surface area contributed by atoms with Gasteiger partial charge in [-0.2, -0.15) is 0 Å². The zero-order chi connectivity index (χ0) is 20.6. The molecule has 2 atom stereocenters. The van der Waals surface area contributed by atoms with Crippen LogP contribution in [0.5, 0.6) is 5.75 Å². The summed E-state index contributed by atoms with van der Waals surface area (Å²) in [7, 11) is 0. The molecule has 1 saturated heterocycles. The number of thiocarbonyl (C=S) groups is 1. The molecule has 1 aliphatic rings. The maximum Gasteiger partial charge on any atom is 0.171 e. The number of hydrogen-bond donors (Lipinski definition) is 2. The lowest BCUT2D eigenvalue weighted by atomic mass is 9.99. The normalized spacial score (nSPS) is 17.3. The Morgan fingerprint density at radius 3 is 2.83 bits per heavy atom. The Balaban J connectivity index is 1.54. The van der Waals surface area contributed by atoms with Crippen molar-refractivity contribution in [3.8, 4) is 5.75 Å². The summed E-state index contributed by atoms with van der Waals surface area (Å²) in [6.07, 6.45) is 4.34. The number of benzene rings is 2. The lowest BCUT2D eigenvalue weighted by Crippen LogP contribution is -2.34. The molecular formula is C24H31N3OS. The summed E-state index contributed by atoms with van der Waals surface area (Å²) in [5.74, 6) is 1.56. The molecule has 1 heterocycles. The van der Waals surface area contributed by atoms with E-state index >= 15 is 0 Å². The zero-order valence-corrected chi connectivity index (χ0v) is 18.2. The highest BCUT2D eigenvalue weighted by Gasteiger charge is 2.17. The number of piperidine rings is 1. The van der Waals surface area contributed by atoms with Gasteiger partial charge < -0.3 is 20.3 Å². The van der Waals surface area contributed by atoms with E-state index in [2.05, 4.69) is 60.2 Å². The smallest absolute Gasteiger partial charge is 0.171 e. The molecular weight excluding hydrogens is 378 g/mol. The second-order valence-electron chi connectivity index (χ2n) is 7.73. The highest BCUT2D eigenvalue weighted by molar-refractivity contribution is 7.80. The summed E-state index contributed by atoms with van der Waals surface area (Å²) in [6, 6.07) is 16.7. The van der Waals surface area contributed by atoms with Gasteiger partial charge in [0.2, 0.25) is 0 Å². The Hall–Kier alpha value is -2.53. The Morgan fingerprint density at radius 1 is 1.31 bits per heavy atom. The summed E-state index contributed by atoms with van der Waals surface area (Å²) < 4.78 is 5.57. The average molecular weight is 410 g/mol. The molecule has 0 bridgehead atoms. The number of nitrogens with one attached hydrogen (secondary N) is 2. The predicted octanol–water partition coefficient (Wildman–Crippen LogP) is 5.54. The molecule has 0 aromatic heterocycles. The lowest BCUT2D eigenvalue weighted by molar-refractivity contribution is 0.363. The van der Waals surface area contributed by atoms with Gasteiger partial charge in [0.1, 0.15) is 12.4 Å². The molecule has 1 aliphatic heterocycles. The highest BCUT2D eigenvalue weighted by Crippen LogP contribution is 2.25. The second kappa shape index (κ2) is 10.3. The third kappa shape index (κ3) is 6.23. The Kier molecular flexibility index (Phi) is 7.53. The van der Waals surface area contributed by atoms with E-state index in [1.165, 1.54) is 24.1 Å². The molecule has 3 rings (SSSR count). The van der Waals surface area contributed by atoms with Crippen LogP contribution in [0, 0.1) is 5.92 Å². The summed E-state index contributed by atoms with van der Waals surface area (Å²) in [6.45, 7) is 10.9. The molecule has 5 heteroatoms. The number of nitrogens with zero attached hydrogens (tertiary/aromatic N) is 1. The van der Waals surface area contributed by atoms with Gasteiger partial charge in [-0.05, 0) is 67.7 Å². The third-order valence-electron chi connectivity index (χ3n) is 5.22. The van der Waals surface area contributed by atoms with Gasteiger partial charge in [0.15, 0.2) is 5.11 Å². The standard InChI is InChI=1S/C24H31N3OS/c1-4-15-28-23-9-5-8-21(16-23)26-24(29)25-19(3)20-10-12-22(13-11-20)27-14-6-7-18(2)17-27/h4-5,8-13,16,18-19H,1,6-7,14-15,17H2,2-3H3,(H2,25,26,29)/t18-,19-/m0/s1.